The Morgan fingerprint density at radius 3 is 3.07 bits per heavy atom. The number of pyridine rings is 1. The number of ether oxygens (including phenoxy) is 2. The fourth-order valence-electron chi connectivity index (χ4n) is 3.86. The third kappa shape index (κ3) is 2.79. The van der Waals surface area contributed by atoms with E-state index in [0.29, 0.717) is 43.6 Å². The molecule has 9 heteroatoms. The van der Waals surface area contributed by atoms with Gasteiger partial charge in [-0.3, -0.25) is 4.68 Å². The van der Waals surface area contributed by atoms with E-state index in [2.05, 4.69) is 11.3 Å². The summed E-state index contributed by atoms with van der Waals surface area (Å²) in [5.74, 6) is 0.680. The average molecular weight is 399 g/mol. The highest BCUT2D eigenvalue weighted by Crippen LogP contribution is 2.35. The van der Waals surface area contributed by atoms with Crippen LogP contribution in [0.4, 0.5) is 0 Å². The molecule has 8 nitrogen and oxygen atoms in total. The lowest BCUT2D eigenvalue weighted by Gasteiger charge is -2.22. The summed E-state index contributed by atoms with van der Waals surface area (Å²) in [7, 11) is 0. The summed E-state index contributed by atoms with van der Waals surface area (Å²) in [6, 6.07) is 1.98. The van der Waals surface area contributed by atoms with Crippen LogP contribution in [0.1, 0.15) is 17.7 Å². The number of hydrogen-bond donors (Lipinski definition) is 0. The largest absolute Gasteiger partial charge is 0.486 e. The van der Waals surface area contributed by atoms with E-state index in [-0.39, 0.29) is 6.10 Å². The van der Waals surface area contributed by atoms with Crippen molar-refractivity contribution in [2.45, 2.75) is 32.5 Å². The zero-order chi connectivity index (χ0) is 19.3. The Bertz CT molecular complexity index is 1090. The van der Waals surface area contributed by atoms with E-state index in [1.165, 1.54) is 0 Å². The lowest BCUT2D eigenvalue weighted by Crippen LogP contribution is -2.30. The molecule has 0 bridgehead atoms. The summed E-state index contributed by atoms with van der Waals surface area (Å²) in [5.41, 5.74) is 4.65. The van der Waals surface area contributed by atoms with E-state index < -0.39 is 0 Å². The fourth-order valence-corrected chi connectivity index (χ4v) is 4.08. The van der Waals surface area contributed by atoms with Gasteiger partial charge in [0.1, 0.15) is 17.4 Å². The first-order valence-corrected chi connectivity index (χ1v) is 9.64. The molecule has 2 aliphatic rings. The summed E-state index contributed by atoms with van der Waals surface area (Å²) >= 11 is 6.36. The van der Waals surface area contributed by atoms with Crippen molar-refractivity contribution in [1.29, 1.82) is 5.26 Å². The molecule has 1 atom stereocenters. The number of rotatable bonds is 3. The lowest BCUT2D eigenvalue weighted by atomic mass is 10.1. The highest BCUT2D eigenvalue weighted by molar-refractivity contribution is 6.34. The normalized spacial score (nSPS) is 19.0. The zero-order valence-electron chi connectivity index (χ0n) is 15.4. The molecule has 0 amide bonds. The number of hydrogen-bond acceptors (Lipinski definition) is 6. The maximum absolute atomic E-state index is 9.22. The van der Waals surface area contributed by atoms with E-state index in [9.17, 15) is 5.26 Å². The van der Waals surface area contributed by atoms with Crippen LogP contribution in [0.15, 0.2) is 18.5 Å². The standard InChI is InChI=1S/C19H19ClN6O2/c1-12-16-9-24(11-21)3-4-25(16)23-18(12)13-6-17(28-14-2-5-27-10-14)19-15(20)7-22-26(19)8-13/h6-8,14H,2-5,9-10H2,1H3/t14-/m0/s1. The fraction of sp³-hybridized carbons (Fsp3) is 0.421. The molecule has 0 unspecified atom stereocenters. The van der Waals surface area contributed by atoms with Crippen LogP contribution in [-0.2, 0) is 17.8 Å². The van der Waals surface area contributed by atoms with Gasteiger partial charge in [0.2, 0.25) is 0 Å². The number of halogens is 1. The highest BCUT2D eigenvalue weighted by atomic mass is 35.5. The van der Waals surface area contributed by atoms with Gasteiger partial charge in [0.05, 0.1) is 48.9 Å². The van der Waals surface area contributed by atoms with E-state index in [1.54, 1.807) is 15.6 Å². The Balaban J connectivity index is 1.60. The maximum atomic E-state index is 9.22. The average Bonchev–Trinajstić information content (AvgIpc) is 3.42. The van der Waals surface area contributed by atoms with Gasteiger partial charge in [-0.15, -0.1) is 0 Å². The first kappa shape index (κ1) is 17.3. The van der Waals surface area contributed by atoms with Gasteiger partial charge in [0.25, 0.3) is 0 Å². The Hall–Kier alpha value is -2.76. The SMILES string of the molecule is Cc1c(-c2cc(O[C@H]3CCOC3)c3c(Cl)cnn3c2)nn2c1CN(C#N)CC2. The van der Waals surface area contributed by atoms with Crippen molar-refractivity contribution >= 4 is 17.1 Å². The number of aromatic nitrogens is 4. The third-order valence-electron chi connectivity index (χ3n) is 5.37. The molecule has 3 aromatic heterocycles. The minimum absolute atomic E-state index is 0.00509. The Morgan fingerprint density at radius 2 is 2.29 bits per heavy atom. The monoisotopic (exact) mass is 398 g/mol. The predicted octanol–water partition coefficient (Wildman–Crippen LogP) is 2.62. The van der Waals surface area contributed by atoms with Crippen molar-refractivity contribution in [3.63, 3.8) is 0 Å². The van der Waals surface area contributed by atoms with Gasteiger partial charge in [-0.2, -0.15) is 15.5 Å². The molecule has 0 spiro atoms. The second-order valence-electron chi connectivity index (χ2n) is 7.15. The van der Waals surface area contributed by atoms with Crippen molar-refractivity contribution in [2.24, 2.45) is 0 Å². The van der Waals surface area contributed by atoms with Gasteiger partial charge in [0, 0.05) is 30.3 Å². The molecule has 0 aromatic carbocycles. The number of nitrogens with zero attached hydrogens (tertiary/aromatic N) is 6. The molecule has 3 aromatic rings. The van der Waals surface area contributed by atoms with Crippen LogP contribution < -0.4 is 4.74 Å². The second kappa shape index (κ2) is 6.69. The lowest BCUT2D eigenvalue weighted by molar-refractivity contribution is 0.142. The minimum Gasteiger partial charge on any atom is -0.486 e. The van der Waals surface area contributed by atoms with Gasteiger partial charge < -0.3 is 14.4 Å². The van der Waals surface area contributed by atoms with Crippen LogP contribution in [0.5, 0.6) is 5.75 Å². The smallest absolute Gasteiger partial charge is 0.179 e. The van der Waals surface area contributed by atoms with Gasteiger partial charge in [0.15, 0.2) is 6.19 Å². The highest BCUT2D eigenvalue weighted by Gasteiger charge is 2.25. The molecule has 0 radical (unpaired) electrons. The van der Waals surface area contributed by atoms with Crippen molar-refractivity contribution < 1.29 is 9.47 Å². The van der Waals surface area contributed by atoms with Gasteiger partial charge in [-0.25, -0.2) is 4.52 Å². The van der Waals surface area contributed by atoms with Crippen LogP contribution in [0.3, 0.4) is 0 Å². The van der Waals surface area contributed by atoms with Crippen LogP contribution >= 0.6 is 11.6 Å². The van der Waals surface area contributed by atoms with Crippen molar-refractivity contribution in [3.05, 3.63) is 34.7 Å². The van der Waals surface area contributed by atoms with E-state index in [1.807, 2.05) is 23.9 Å². The van der Waals surface area contributed by atoms with Crippen LogP contribution in [-0.4, -0.2) is 50.2 Å². The number of fused-ring (bicyclic) bond motifs is 2. The first-order valence-electron chi connectivity index (χ1n) is 9.26. The third-order valence-corrected chi connectivity index (χ3v) is 5.65. The van der Waals surface area contributed by atoms with Gasteiger partial charge >= 0.3 is 0 Å². The summed E-state index contributed by atoms with van der Waals surface area (Å²) in [5, 5.41) is 18.9. The Labute approximate surface area is 166 Å². The number of nitriles is 1. The molecule has 5 rings (SSSR count). The molecular formula is C19H19ClN6O2. The molecule has 28 heavy (non-hydrogen) atoms. The van der Waals surface area contributed by atoms with E-state index in [4.69, 9.17) is 26.2 Å². The van der Waals surface area contributed by atoms with Crippen LogP contribution in [0.25, 0.3) is 16.8 Å². The van der Waals surface area contributed by atoms with Crippen molar-refractivity contribution in [1.82, 2.24) is 24.3 Å². The summed E-state index contributed by atoms with van der Waals surface area (Å²) < 4.78 is 15.4. The zero-order valence-corrected chi connectivity index (χ0v) is 16.2. The molecule has 0 saturated carbocycles. The van der Waals surface area contributed by atoms with Crippen LogP contribution in [0, 0.1) is 18.4 Å². The molecule has 5 heterocycles. The quantitative estimate of drug-likeness (QED) is 0.631. The van der Waals surface area contributed by atoms with E-state index >= 15 is 0 Å². The summed E-state index contributed by atoms with van der Waals surface area (Å²) in [6.45, 7) is 5.27. The molecular weight excluding hydrogens is 380 g/mol. The van der Waals surface area contributed by atoms with Gasteiger partial charge in [-0.1, -0.05) is 11.6 Å². The maximum Gasteiger partial charge on any atom is 0.179 e. The Morgan fingerprint density at radius 1 is 1.39 bits per heavy atom. The topological polar surface area (TPSA) is 80.6 Å². The second-order valence-corrected chi connectivity index (χ2v) is 7.55. The van der Waals surface area contributed by atoms with Crippen LogP contribution in [0.2, 0.25) is 5.02 Å². The minimum atomic E-state index is 0.00509. The molecule has 144 valence electrons. The molecule has 1 saturated heterocycles. The summed E-state index contributed by atoms with van der Waals surface area (Å²) in [4.78, 5) is 1.75. The summed E-state index contributed by atoms with van der Waals surface area (Å²) in [6.07, 6.45) is 6.62. The van der Waals surface area contributed by atoms with Crippen molar-refractivity contribution in [3.8, 4) is 23.2 Å². The molecule has 1 fully saturated rings. The predicted molar refractivity (Wildman–Crippen MR) is 102 cm³/mol. The Kier molecular flexibility index (Phi) is 4.14. The molecule has 2 aliphatic heterocycles. The van der Waals surface area contributed by atoms with E-state index in [0.717, 1.165) is 34.5 Å². The molecule has 0 aliphatic carbocycles. The molecule has 0 N–H and O–H groups in total. The van der Waals surface area contributed by atoms with Gasteiger partial charge in [-0.05, 0) is 13.0 Å². The van der Waals surface area contributed by atoms with Crippen molar-refractivity contribution in [2.75, 3.05) is 19.8 Å². The first-order chi connectivity index (χ1) is 13.6.